The van der Waals surface area contributed by atoms with Gasteiger partial charge in [-0.1, -0.05) is 13.8 Å². The number of nitrogens with zero attached hydrogens (tertiary/aromatic N) is 3. The maximum absolute atomic E-state index is 13.9. The lowest BCUT2D eigenvalue weighted by atomic mass is 9.81. The van der Waals surface area contributed by atoms with Gasteiger partial charge in [0.25, 0.3) is 17.3 Å². The lowest BCUT2D eigenvalue weighted by Crippen LogP contribution is -2.46. The Labute approximate surface area is 289 Å². The number of carbonyl (C=O) groups is 1. The average Bonchev–Trinajstić information content (AvgIpc) is 3.43. The molecule has 0 radical (unpaired) electrons. The molecule has 6 rings (SSSR count). The third kappa shape index (κ3) is 6.83. The molecule has 2 N–H and O–H groups in total. The number of aromatic nitrogens is 2. The molecule has 2 aromatic heterocycles. The van der Waals surface area contributed by atoms with Crippen molar-refractivity contribution < 1.29 is 14.3 Å². The van der Waals surface area contributed by atoms with Crippen molar-refractivity contribution in [3.8, 4) is 22.6 Å². The molecule has 3 aromatic rings. The fourth-order valence-corrected chi connectivity index (χ4v) is 8.70. The van der Waals surface area contributed by atoms with Crippen molar-refractivity contribution in [2.75, 3.05) is 38.3 Å². The first-order valence-electron chi connectivity index (χ1n) is 17.3. The van der Waals surface area contributed by atoms with Gasteiger partial charge in [0.15, 0.2) is 11.5 Å². The number of anilines is 1. The van der Waals surface area contributed by atoms with E-state index in [0.29, 0.717) is 40.5 Å². The molecule has 48 heavy (non-hydrogen) atoms. The number of H-pyrrole nitrogens is 1. The van der Waals surface area contributed by atoms with Gasteiger partial charge in [0.1, 0.15) is 5.82 Å². The van der Waals surface area contributed by atoms with Gasteiger partial charge in [0.05, 0.1) is 0 Å². The molecule has 1 aliphatic carbocycles. The molecule has 258 valence electrons. The highest BCUT2D eigenvalue weighted by atomic mass is 32.2. The van der Waals surface area contributed by atoms with E-state index in [0.717, 1.165) is 71.9 Å². The fourth-order valence-electron chi connectivity index (χ4n) is 8.00. The van der Waals surface area contributed by atoms with Crippen molar-refractivity contribution in [1.29, 1.82) is 0 Å². The van der Waals surface area contributed by atoms with Crippen LogP contribution in [0.4, 0.5) is 5.82 Å². The quantitative estimate of drug-likeness (QED) is 0.252. The summed E-state index contributed by atoms with van der Waals surface area (Å²) in [4.78, 5) is 40.1. The summed E-state index contributed by atoms with van der Waals surface area (Å²) in [6, 6.07) is 8.56. The lowest BCUT2D eigenvalue weighted by Gasteiger charge is -2.39. The molecule has 10 heteroatoms. The summed E-state index contributed by atoms with van der Waals surface area (Å²) in [5, 5.41) is 3.03. The largest absolute Gasteiger partial charge is 0.448 e. The molecule has 3 aliphatic rings. The summed E-state index contributed by atoms with van der Waals surface area (Å²) < 4.78 is 13.6. The van der Waals surface area contributed by atoms with Crippen LogP contribution < -0.4 is 25.2 Å². The number of rotatable bonds is 8. The SMILES string of the molecule is CSc1cc(C)[nH]c(=O)c1CNC(=O)c1cc(-c2ccc(N3CC(C)CC(C)C3)nc2)c2c(c1C)OC(C)([C@H]1CC[C@H](N(C)C)CC1)O2. The molecule has 0 spiro atoms. The number of piperidine rings is 1. The number of amides is 1. The molecule has 2 fully saturated rings. The Bertz CT molecular complexity index is 1710. The Morgan fingerprint density at radius 3 is 2.40 bits per heavy atom. The second kappa shape index (κ2) is 13.8. The molecule has 1 saturated heterocycles. The summed E-state index contributed by atoms with van der Waals surface area (Å²) in [6.07, 6.45) is 9.24. The average molecular weight is 674 g/mol. The number of ether oxygens (including phenoxy) is 2. The van der Waals surface area contributed by atoms with Crippen molar-refractivity contribution in [1.82, 2.24) is 20.2 Å². The maximum atomic E-state index is 13.9. The standard InChI is InChI=1S/C38H51N5O4S/c1-22-15-23(2)21-43(20-22)33-14-9-26(18-39-33)30-17-29(36(44)40-19-31-32(48-8)16-24(3)41-37(31)45)25(4)34-35(30)47-38(5,46-34)27-10-12-28(13-11-27)42(6)7/h9,14,16-18,22-23,27-28H,10-13,15,19-21H2,1-8H3,(H,40,44)(H,41,45)/t22?,23?,27-,28-,38?. The number of hydrogen-bond acceptors (Lipinski definition) is 8. The summed E-state index contributed by atoms with van der Waals surface area (Å²) in [7, 11) is 4.30. The van der Waals surface area contributed by atoms with Gasteiger partial charge in [-0.3, -0.25) is 9.59 Å². The summed E-state index contributed by atoms with van der Waals surface area (Å²) in [5.41, 5.74) is 4.01. The molecule has 1 aromatic carbocycles. The van der Waals surface area contributed by atoms with Crippen LogP contribution in [-0.4, -0.2) is 66.0 Å². The Balaban J connectivity index is 1.34. The molecular weight excluding hydrogens is 623 g/mol. The minimum Gasteiger partial charge on any atom is -0.448 e. The van der Waals surface area contributed by atoms with E-state index in [2.05, 4.69) is 60.2 Å². The van der Waals surface area contributed by atoms with E-state index in [1.54, 1.807) is 0 Å². The van der Waals surface area contributed by atoms with E-state index in [9.17, 15) is 9.59 Å². The van der Waals surface area contributed by atoms with Crippen LogP contribution in [0.15, 0.2) is 40.2 Å². The Morgan fingerprint density at radius 1 is 1.08 bits per heavy atom. The lowest BCUT2D eigenvalue weighted by molar-refractivity contribution is -0.123. The van der Waals surface area contributed by atoms with Crippen LogP contribution in [0.2, 0.25) is 0 Å². The third-order valence-electron chi connectivity index (χ3n) is 10.6. The van der Waals surface area contributed by atoms with Crippen molar-refractivity contribution in [2.45, 2.75) is 90.0 Å². The van der Waals surface area contributed by atoms with E-state index in [4.69, 9.17) is 14.5 Å². The van der Waals surface area contributed by atoms with E-state index in [-0.39, 0.29) is 23.9 Å². The Morgan fingerprint density at radius 2 is 1.77 bits per heavy atom. The van der Waals surface area contributed by atoms with Crippen LogP contribution in [-0.2, 0) is 6.54 Å². The van der Waals surface area contributed by atoms with Gasteiger partial charge in [-0.2, -0.15) is 0 Å². The zero-order valence-electron chi connectivity index (χ0n) is 29.7. The van der Waals surface area contributed by atoms with Crippen molar-refractivity contribution in [3.05, 3.63) is 63.2 Å². The molecular formula is C38H51N5O4S. The highest BCUT2D eigenvalue weighted by molar-refractivity contribution is 7.98. The zero-order valence-corrected chi connectivity index (χ0v) is 30.6. The number of aromatic amines is 1. The topological polar surface area (TPSA) is 99.8 Å². The molecule has 2 aliphatic heterocycles. The number of hydrogen-bond donors (Lipinski definition) is 2. The fraction of sp³-hybridized carbons (Fsp3) is 0.553. The van der Waals surface area contributed by atoms with Gasteiger partial charge in [-0.05, 0) is 102 Å². The molecule has 9 nitrogen and oxygen atoms in total. The molecule has 3 atom stereocenters. The third-order valence-corrected chi connectivity index (χ3v) is 11.4. The molecule has 1 amide bonds. The molecule has 4 heterocycles. The normalized spacial score (nSPS) is 25.4. The summed E-state index contributed by atoms with van der Waals surface area (Å²) in [6.45, 7) is 12.5. The first-order chi connectivity index (χ1) is 22.9. The predicted molar refractivity (Wildman–Crippen MR) is 193 cm³/mol. The van der Waals surface area contributed by atoms with Gasteiger partial charge in [0, 0.05) is 83.1 Å². The maximum Gasteiger partial charge on any atom is 0.254 e. The van der Waals surface area contributed by atoms with Crippen LogP contribution in [0.5, 0.6) is 11.5 Å². The molecule has 0 bridgehead atoms. The van der Waals surface area contributed by atoms with Crippen LogP contribution in [0.25, 0.3) is 11.1 Å². The highest BCUT2D eigenvalue weighted by Gasteiger charge is 2.47. The summed E-state index contributed by atoms with van der Waals surface area (Å²) >= 11 is 1.50. The first-order valence-corrected chi connectivity index (χ1v) is 18.6. The highest BCUT2D eigenvalue weighted by Crippen LogP contribution is 2.53. The minimum absolute atomic E-state index is 0.115. The van der Waals surface area contributed by atoms with Crippen LogP contribution in [0.3, 0.4) is 0 Å². The molecule has 3 unspecified atom stereocenters. The second-order valence-corrected chi connectivity index (χ2v) is 15.6. The number of carbonyl (C=O) groups excluding carboxylic acids is 1. The minimum atomic E-state index is -0.843. The second-order valence-electron chi connectivity index (χ2n) is 14.7. The van der Waals surface area contributed by atoms with E-state index in [1.165, 1.54) is 18.2 Å². The number of aryl methyl sites for hydroxylation is 1. The van der Waals surface area contributed by atoms with Crippen LogP contribution in [0, 0.1) is 31.6 Å². The Kier molecular flexibility index (Phi) is 9.87. The number of pyridine rings is 2. The van der Waals surface area contributed by atoms with Crippen molar-refractivity contribution in [2.24, 2.45) is 17.8 Å². The van der Waals surface area contributed by atoms with E-state index >= 15 is 0 Å². The van der Waals surface area contributed by atoms with Gasteiger partial charge in [0.2, 0.25) is 0 Å². The van der Waals surface area contributed by atoms with Gasteiger partial charge < -0.3 is 29.6 Å². The number of thioether (sulfide) groups is 1. The van der Waals surface area contributed by atoms with Crippen molar-refractivity contribution in [3.63, 3.8) is 0 Å². The number of benzene rings is 1. The smallest absolute Gasteiger partial charge is 0.254 e. The van der Waals surface area contributed by atoms with Crippen LogP contribution >= 0.6 is 11.8 Å². The number of fused-ring (bicyclic) bond motifs is 1. The van der Waals surface area contributed by atoms with E-state index in [1.807, 2.05) is 45.4 Å². The predicted octanol–water partition coefficient (Wildman–Crippen LogP) is 6.80. The van der Waals surface area contributed by atoms with Gasteiger partial charge >= 0.3 is 0 Å². The first kappa shape index (κ1) is 34.4. The van der Waals surface area contributed by atoms with Crippen molar-refractivity contribution >= 4 is 23.5 Å². The molecule has 1 saturated carbocycles. The monoisotopic (exact) mass is 673 g/mol. The van der Waals surface area contributed by atoms with E-state index < -0.39 is 5.79 Å². The summed E-state index contributed by atoms with van der Waals surface area (Å²) in [5.74, 6) is 2.58. The number of nitrogens with one attached hydrogen (secondary N) is 2. The van der Waals surface area contributed by atoms with Crippen LogP contribution in [0.1, 0.15) is 80.1 Å². The van der Waals surface area contributed by atoms with Gasteiger partial charge in [-0.25, -0.2) is 4.98 Å². The van der Waals surface area contributed by atoms with Gasteiger partial charge in [-0.15, -0.1) is 11.8 Å². The Hall–Kier alpha value is -3.50. The zero-order chi connectivity index (χ0) is 34.3.